The van der Waals surface area contributed by atoms with E-state index in [1.165, 1.54) is 11.2 Å². The van der Waals surface area contributed by atoms with Gasteiger partial charge in [-0.05, 0) is 49.9 Å². The number of nitrogens with one attached hydrogen (secondary N) is 1. The van der Waals surface area contributed by atoms with Crippen LogP contribution in [0, 0.1) is 19.3 Å². The van der Waals surface area contributed by atoms with Gasteiger partial charge in [0.1, 0.15) is 5.15 Å². The highest BCUT2D eigenvalue weighted by Crippen LogP contribution is 2.29. The molecule has 5 nitrogen and oxygen atoms in total. The Morgan fingerprint density at radius 2 is 1.79 bits per heavy atom. The van der Waals surface area contributed by atoms with Gasteiger partial charge in [0.2, 0.25) is 0 Å². The van der Waals surface area contributed by atoms with Crippen LogP contribution in [0.1, 0.15) is 72.4 Å². The van der Waals surface area contributed by atoms with Crippen LogP contribution in [0.3, 0.4) is 0 Å². The maximum Gasteiger partial charge on any atom is 0.273 e. The smallest absolute Gasteiger partial charge is 0.267 e. The second-order valence-electron chi connectivity index (χ2n) is 8.50. The molecule has 1 aromatic heterocycles. The van der Waals surface area contributed by atoms with Crippen LogP contribution in [-0.2, 0) is 0 Å². The number of hydrogen-bond acceptors (Lipinski definition) is 3. The molecular weight excluding hydrogens is 386 g/mol. The number of pyridine rings is 1. The maximum atomic E-state index is 13.5. The number of carbonyl (C=O) groups excluding carboxylic acids is 2. The van der Waals surface area contributed by atoms with Crippen molar-refractivity contribution in [3.63, 3.8) is 0 Å². The molecule has 6 heteroatoms. The van der Waals surface area contributed by atoms with Crippen molar-refractivity contribution >= 4 is 23.4 Å². The molecule has 1 heterocycles. The summed E-state index contributed by atoms with van der Waals surface area (Å²) in [4.78, 5) is 30.4. The number of nitrogens with zero attached hydrogens (tertiary/aromatic N) is 2. The Hall–Kier alpha value is -2.40. The highest BCUT2D eigenvalue weighted by atomic mass is 35.5. The largest absolute Gasteiger partial charge is 0.273 e. The Morgan fingerprint density at radius 3 is 2.31 bits per heavy atom. The lowest BCUT2D eigenvalue weighted by Crippen LogP contribution is -2.56. The number of hydrogen-bond donors (Lipinski definition) is 1. The summed E-state index contributed by atoms with van der Waals surface area (Å²) in [6.45, 7) is 12.2. The summed E-state index contributed by atoms with van der Waals surface area (Å²) in [5.41, 5.74) is 5.36. The van der Waals surface area contributed by atoms with Crippen molar-refractivity contribution < 1.29 is 9.59 Å². The minimum absolute atomic E-state index is 0.103. The molecule has 1 atom stereocenters. The molecule has 2 rings (SSSR count). The van der Waals surface area contributed by atoms with E-state index in [1.54, 1.807) is 12.1 Å². The van der Waals surface area contributed by atoms with E-state index in [-0.39, 0.29) is 28.1 Å². The second-order valence-corrected chi connectivity index (χ2v) is 8.86. The fourth-order valence-electron chi connectivity index (χ4n) is 3.46. The van der Waals surface area contributed by atoms with Gasteiger partial charge in [-0.1, -0.05) is 62.9 Å². The van der Waals surface area contributed by atoms with E-state index in [2.05, 4.69) is 38.1 Å². The van der Waals surface area contributed by atoms with Crippen LogP contribution in [-0.4, -0.2) is 27.8 Å². The highest BCUT2D eigenvalue weighted by molar-refractivity contribution is 6.32. The third kappa shape index (κ3) is 5.80. The first kappa shape index (κ1) is 22.9. The van der Waals surface area contributed by atoms with Crippen molar-refractivity contribution in [2.24, 2.45) is 5.41 Å². The summed E-state index contributed by atoms with van der Waals surface area (Å²) in [6.07, 6.45) is 3.15. The third-order valence-corrected chi connectivity index (χ3v) is 5.09. The topological polar surface area (TPSA) is 62.3 Å². The van der Waals surface area contributed by atoms with Gasteiger partial charge >= 0.3 is 0 Å². The quantitative estimate of drug-likeness (QED) is 0.528. The molecule has 0 spiro atoms. The van der Waals surface area contributed by atoms with Crippen LogP contribution in [0.5, 0.6) is 0 Å². The number of rotatable bonds is 5. The first-order chi connectivity index (χ1) is 13.5. The molecule has 0 aliphatic heterocycles. The molecule has 0 saturated carbocycles. The number of aryl methyl sites for hydroxylation is 2. The van der Waals surface area contributed by atoms with E-state index in [0.29, 0.717) is 5.56 Å². The molecule has 0 fully saturated rings. The molecular formula is C23H30ClN3O2. The molecule has 1 N–H and O–H groups in total. The zero-order valence-electron chi connectivity index (χ0n) is 18.0. The standard InChI is InChI=1S/C23H30ClN3O2/c1-7-9-19(23(4,5)6)27(22(29)17-13-15(2)12-16(3)14-17)26-21(28)18-10-8-11-25-20(18)24/h8,10-14,19H,7,9H2,1-6H3,(H,26,28)/t19-/m1/s1. The van der Waals surface area contributed by atoms with Gasteiger partial charge in [0.15, 0.2) is 0 Å². The first-order valence-corrected chi connectivity index (χ1v) is 10.3. The first-order valence-electron chi connectivity index (χ1n) is 9.88. The molecule has 0 aliphatic carbocycles. The molecule has 156 valence electrons. The number of hydrazine groups is 1. The predicted octanol–water partition coefficient (Wildman–Crippen LogP) is 5.35. The Bertz CT molecular complexity index is 870. The van der Waals surface area contributed by atoms with Crippen molar-refractivity contribution in [2.75, 3.05) is 0 Å². The van der Waals surface area contributed by atoms with E-state index >= 15 is 0 Å². The van der Waals surface area contributed by atoms with Gasteiger partial charge < -0.3 is 0 Å². The minimum Gasteiger partial charge on any atom is -0.267 e. The number of halogens is 1. The SMILES string of the molecule is CCC[C@@H](N(NC(=O)c1cccnc1Cl)C(=O)c1cc(C)cc(C)c1)C(C)(C)C. The van der Waals surface area contributed by atoms with Gasteiger partial charge in [-0.2, -0.15) is 0 Å². The molecule has 0 aliphatic rings. The molecule has 29 heavy (non-hydrogen) atoms. The molecule has 0 unspecified atom stereocenters. The molecule has 1 aromatic carbocycles. The lowest BCUT2D eigenvalue weighted by atomic mass is 9.83. The maximum absolute atomic E-state index is 13.5. The van der Waals surface area contributed by atoms with Crippen LogP contribution in [0.15, 0.2) is 36.5 Å². The monoisotopic (exact) mass is 415 g/mol. The summed E-state index contributed by atoms with van der Waals surface area (Å²) in [5.74, 6) is -0.690. The van der Waals surface area contributed by atoms with E-state index in [0.717, 1.165) is 24.0 Å². The molecule has 0 saturated heterocycles. The third-order valence-electron chi connectivity index (χ3n) is 4.79. The minimum atomic E-state index is -0.453. The zero-order chi connectivity index (χ0) is 21.8. The summed E-state index contributed by atoms with van der Waals surface area (Å²) in [5, 5.41) is 1.58. The summed E-state index contributed by atoms with van der Waals surface area (Å²) >= 11 is 6.10. The van der Waals surface area contributed by atoms with Gasteiger partial charge in [-0.25, -0.2) is 9.99 Å². The van der Waals surface area contributed by atoms with Crippen molar-refractivity contribution in [2.45, 2.75) is 60.4 Å². The fourth-order valence-corrected chi connectivity index (χ4v) is 3.66. The number of aromatic nitrogens is 1. The molecule has 0 radical (unpaired) electrons. The number of amides is 2. The lowest BCUT2D eigenvalue weighted by Gasteiger charge is -2.40. The van der Waals surface area contributed by atoms with Crippen molar-refractivity contribution in [3.05, 3.63) is 63.9 Å². The van der Waals surface area contributed by atoms with E-state index in [9.17, 15) is 9.59 Å². The predicted molar refractivity (Wildman–Crippen MR) is 117 cm³/mol. The van der Waals surface area contributed by atoms with Gasteiger partial charge in [-0.3, -0.25) is 15.0 Å². The zero-order valence-corrected chi connectivity index (χ0v) is 18.8. The van der Waals surface area contributed by atoms with Crippen LogP contribution >= 0.6 is 11.6 Å². The van der Waals surface area contributed by atoms with E-state index < -0.39 is 5.91 Å². The van der Waals surface area contributed by atoms with Gasteiger partial charge in [0, 0.05) is 11.8 Å². The summed E-state index contributed by atoms with van der Waals surface area (Å²) < 4.78 is 0. The Balaban J connectivity index is 2.48. The summed E-state index contributed by atoms with van der Waals surface area (Å²) in [6, 6.07) is 8.75. The van der Waals surface area contributed by atoms with Crippen molar-refractivity contribution in [1.29, 1.82) is 0 Å². The van der Waals surface area contributed by atoms with E-state index in [1.807, 2.05) is 32.0 Å². The molecule has 2 aromatic rings. The van der Waals surface area contributed by atoms with Gasteiger partial charge in [0.25, 0.3) is 11.8 Å². The van der Waals surface area contributed by atoms with Crippen molar-refractivity contribution in [3.8, 4) is 0 Å². The lowest BCUT2D eigenvalue weighted by molar-refractivity contribution is 0.0271. The Kier molecular flexibility index (Phi) is 7.42. The Labute approximate surface area is 178 Å². The van der Waals surface area contributed by atoms with Crippen LogP contribution in [0.4, 0.5) is 0 Å². The average Bonchev–Trinajstić information content (AvgIpc) is 2.62. The normalized spacial score (nSPS) is 12.4. The number of carbonyl (C=O) groups is 2. The summed E-state index contributed by atoms with van der Waals surface area (Å²) in [7, 11) is 0. The van der Waals surface area contributed by atoms with Gasteiger partial charge in [0.05, 0.1) is 11.6 Å². The highest BCUT2D eigenvalue weighted by Gasteiger charge is 2.35. The second kappa shape index (κ2) is 9.40. The van der Waals surface area contributed by atoms with Crippen molar-refractivity contribution in [1.82, 2.24) is 15.4 Å². The van der Waals surface area contributed by atoms with Gasteiger partial charge in [-0.15, -0.1) is 0 Å². The van der Waals surface area contributed by atoms with Crippen LogP contribution < -0.4 is 5.43 Å². The van der Waals surface area contributed by atoms with Crippen LogP contribution in [0.2, 0.25) is 5.15 Å². The molecule has 2 amide bonds. The van der Waals surface area contributed by atoms with Crippen LogP contribution in [0.25, 0.3) is 0 Å². The van der Waals surface area contributed by atoms with E-state index in [4.69, 9.17) is 11.6 Å². The Morgan fingerprint density at radius 1 is 1.17 bits per heavy atom. The fraction of sp³-hybridized carbons (Fsp3) is 0.435. The molecule has 0 bridgehead atoms. The average molecular weight is 416 g/mol. The number of benzene rings is 1.